The average molecular weight is 369 g/mol. The zero-order chi connectivity index (χ0) is 18.9. The second-order valence-corrected chi connectivity index (χ2v) is 7.70. The van der Waals surface area contributed by atoms with Gasteiger partial charge < -0.3 is 9.64 Å². The lowest BCUT2D eigenvalue weighted by Gasteiger charge is -2.24. The number of fused-ring (bicyclic) bond motifs is 1. The second-order valence-electron chi connectivity index (χ2n) is 7.70. The molecule has 1 fully saturated rings. The molecule has 0 radical (unpaired) electrons. The first-order valence-corrected chi connectivity index (χ1v) is 9.93. The minimum absolute atomic E-state index is 0.0871. The van der Waals surface area contributed by atoms with Crippen molar-refractivity contribution in [1.29, 1.82) is 0 Å². The van der Waals surface area contributed by atoms with Crippen LogP contribution in [0.4, 0.5) is 0 Å². The van der Waals surface area contributed by atoms with Crippen LogP contribution in [-0.4, -0.2) is 17.4 Å². The first kappa shape index (κ1) is 17.1. The Morgan fingerprint density at radius 2 is 1.46 bits per heavy atom. The third kappa shape index (κ3) is 3.29. The number of carbonyl (C=O) groups is 1. The van der Waals surface area contributed by atoms with Crippen LogP contribution in [0.25, 0.3) is 0 Å². The highest BCUT2D eigenvalue weighted by atomic mass is 16.5. The van der Waals surface area contributed by atoms with Crippen LogP contribution in [0.2, 0.25) is 0 Å². The summed E-state index contributed by atoms with van der Waals surface area (Å²) < 4.78 is 6.34. The third-order valence-corrected chi connectivity index (χ3v) is 5.81. The molecule has 1 amide bonds. The summed E-state index contributed by atoms with van der Waals surface area (Å²) in [6.07, 6.45) is 0.792. The molecule has 3 aromatic carbocycles. The van der Waals surface area contributed by atoms with Crippen molar-refractivity contribution in [1.82, 2.24) is 4.90 Å². The van der Waals surface area contributed by atoms with Gasteiger partial charge in [0.05, 0.1) is 6.54 Å². The molecule has 3 atom stereocenters. The summed E-state index contributed by atoms with van der Waals surface area (Å²) in [5, 5.41) is 0. The van der Waals surface area contributed by atoms with Gasteiger partial charge in [0.1, 0.15) is 11.9 Å². The Balaban J connectivity index is 1.41. The summed E-state index contributed by atoms with van der Waals surface area (Å²) in [5.74, 6) is 1.56. The van der Waals surface area contributed by atoms with Crippen molar-refractivity contribution in [3.8, 4) is 5.75 Å². The van der Waals surface area contributed by atoms with Crippen molar-refractivity contribution in [3.63, 3.8) is 0 Å². The van der Waals surface area contributed by atoms with Crippen LogP contribution < -0.4 is 4.74 Å². The highest BCUT2D eigenvalue weighted by Gasteiger charge is 2.46. The van der Waals surface area contributed by atoms with E-state index in [2.05, 4.69) is 42.5 Å². The van der Waals surface area contributed by atoms with Gasteiger partial charge in [-0.1, -0.05) is 78.9 Å². The molecule has 5 rings (SSSR count). The van der Waals surface area contributed by atoms with Crippen molar-refractivity contribution in [3.05, 3.63) is 102 Å². The van der Waals surface area contributed by atoms with E-state index < -0.39 is 0 Å². The molecule has 0 spiro atoms. The molecule has 1 aliphatic carbocycles. The summed E-state index contributed by atoms with van der Waals surface area (Å²) in [6, 6.07) is 28.7. The quantitative estimate of drug-likeness (QED) is 0.654. The fraction of sp³-hybridized carbons (Fsp3) is 0.240. The highest BCUT2D eigenvalue weighted by Crippen LogP contribution is 2.49. The van der Waals surface area contributed by atoms with Gasteiger partial charge >= 0.3 is 0 Å². The Hall–Kier alpha value is -3.07. The number of rotatable bonds is 3. The van der Waals surface area contributed by atoms with Gasteiger partial charge in [0.25, 0.3) is 0 Å². The molecule has 0 aromatic heterocycles. The Kier molecular flexibility index (Phi) is 4.36. The number of amides is 1. The number of nitrogens with zero attached hydrogens (tertiary/aromatic N) is 1. The lowest BCUT2D eigenvalue weighted by atomic mass is 10.1. The maximum Gasteiger partial charge on any atom is 0.226 e. The zero-order valence-electron chi connectivity index (χ0n) is 15.7. The smallest absolute Gasteiger partial charge is 0.226 e. The van der Waals surface area contributed by atoms with E-state index >= 15 is 0 Å². The first-order chi connectivity index (χ1) is 13.8. The number of carbonyl (C=O) groups excluding carboxylic acids is 1. The summed E-state index contributed by atoms with van der Waals surface area (Å²) in [6.45, 7) is 1.19. The SMILES string of the molecule is O=C([C@@H]1C[C@H]1c1ccccc1)N1Cc2ccccc2O[C@H](c2ccccc2)C1. The molecular weight excluding hydrogens is 346 g/mol. The van der Waals surface area contributed by atoms with Crippen molar-refractivity contribution in [2.45, 2.75) is 25.0 Å². The maximum atomic E-state index is 13.4. The van der Waals surface area contributed by atoms with Gasteiger partial charge in [0, 0.05) is 18.0 Å². The fourth-order valence-corrected chi connectivity index (χ4v) is 4.19. The van der Waals surface area contributed by atoms with Gasteiger partial charge in [-0.15, -0.1) is 0 Å². The van der Waals surface area contributed by atoms with Crippen LogP contribution in [0.3, 0.4) is 0 Å². The van der Waals surface area contributed by atoms with E-state index in [-0.39, 0.29) is 17.9 Å². The van der Waals surface area contributed by atoms with Gasteiger partial charge in [0.15, 0.2) is 0 Å². The van der Waals surface area contributed by atoms with Crippen LogP contribution in [0, 0.1) is 5.92 Å². The van der Waals surface area contributed by atoms with Crippen LogP contribution in [0.1, 0.15) is 35.1 Å². The monoisotopic (exact) mass is 369 g/mol. The number of hydrogen-bond donors (Lipinski definition) is 0. The second kappa shape index (κ2) is 7.16. The summed E-state index contributed by atoms with van der Waals surface area (Å²) in [7, 11) is 0. The molecule has 140 valence electrons. The van der Waals surface area contributed by atoms with Crippen molar-refractivity contribution >= 4 is 5.91 Å². The topological polar surface area (TPSA) is 29.5 Å². The molecular formula is C25H23NO2. The van der Waals surface area contributed by atoms with Crippen molar-refractivity contribution < 1.29 is 9.53 Å². The average Bonchev–Trinajstić information content (AvgIpc) is 3.57. The zero-order valence-corrected chi connectivity index (χ0v) is 15.7. The Bertz CT molecular complexity index is 970. The van der Waals surface area contributed by atoms with Gasteiger partial charge in [-0.05, 0) is 29.5 Å². The Morgan fingerprint density at radius 1 is 0.821 bits per heavy atom. The van der Waals surface area contributed by atoms with E-state index in [0.717, 1.165) is 23.3 Å². The molecule has 1 heterocycles. The highest BCUT2D eigenvalue weighted by molar-refractivity contribution is 5.83. The Morgan fingerprint density at radius 3 is 2.21 bits per heavy atom. The molecule has 2 aliphatic rings. The molecule has 1 saturated carbocycles. The summed E-state index contributed by atoms with van der Waals surface area (Å²) in [5.41, 5.74) is 3.45. The molecule has 3 aromatic rings. The number of benzene rings is 3. The lowest BCUT2D eigenvalue weighted by Crippen LogP contribution is -2.35. The first-order valence-electron chi connectivity index (χ1n) is 9.93. The molecule has 28 heavy (non-hydrogen) atoms. The van der Waals surface area contributed by atoms with E-state index in [4.69, 9.17) is 4.74 Å². The molecule has 1 aliphatic heterocycles. The van der Waals surface area contributed by atoms with E-state index in [9.17, 15) is 4.79 Å². The van der Waals surface area contributed by atoms with Gasteiger partial charge in [-0.3, -0.25) is 4.79 Å². The number of para-hydroxylation sites is 1. The maximum absolute atomic E-state index is 13.4. The molecule has 0 unspecified atom stereocenters. The van der Waals surface area contributed by atoms with E-state index in [1.54, 1.807) is 0 Å². The van der Waals surface area contributed by atoms with Crippen molar-refractivity contribution in [2.24, 2.45) is 5.92 Å². The molecule has 0 saturated heterocycles. The molecule has 3 nitrogen and oxygen atoms in total. The Labute approximate surface area is 165 Å². The molecule has 3 heteroatoms. The lowest BCUT2D eigenvalue weighted by molar-refractivity contribution is -0.134. The normalized spacial score (nSPS) is 23.3. The molecule has 0 N–H and O–H groups in total. The molecule has 0 bridgehead atoms. The van der Waals surface area contributed by atoms with E-state index in [1.807, 2.05) is 47.4 Å². The minimum Gasteiger partial charge on any atom is -0.484 e. The van der Waals surface area contributed by atoms with Gasteiger partial charge in [-0.2, -0.15) is 0 Å². The van der Waals surface area contributed by atoms with Crippen LogP contribution in [0.5, 0.6) is 5.75 Å². The van der Waals surface area contributed by atoms with Crippen LogP contribution >= 0.6 is 0 Å². The fourth-order valence-electron chi connectivity index (χ4n) is 4.19. The largest absolute Gasteiger partial charge is 0.484 e. The predicted molar refractivity (Wildman–Crippen MR) is 109 cm³/mol. The summed E-state index contributed by atoms with van der Waals surface area (Å²) >= 11 is 0. The minimum atomic E-state index is -0.150. The van der Waals surface area contributed by atoms with Gasteiger partial charge in [0.2, 0.25) is 5.91 Å². The van der Waals surface area contributed by atoms with E-state index in [0.29, 0.717) is 19.0 Å². The predicted octanol–water partition coefficient (Wildman–Crippen LogP) is 4.95. The van der Waals surface area contributed by atoms with Crippen LogP contribution in [-0.2, 0) is 11.3 Å². The summed E-state index contributed by atoms with van der Waals surface area (Å²) in [4.78, 5) is 15.4. The van der Waals surface area contributed by atoms with Gasteiger partial charge in [-0.25, -0.2) is 0 Å². The standard InChI is InChI=1S/C25H23NO2/c27-25(22-15-21(22)18-9-3-1-4-10-18)26-16-20-13-7-8-14-23(20)28-24(17-26)19-11-5-2-6-12-19/h1-14,21-22,24H,15-17H2/t21-,22+,24-/m0/s1. The van der Waals surface area contributed by atoms with Crippen molar-refractivity contribution in [2.75, 3.05) is 6.54 Å². The number of hydrogen-bond acceptors (Lipinski definition) is 2. The van der Waals surface area contributed by atoms with Crippen LogP contribution in [0.15, 0.2) is 84.9 Å². The van der Waals surface area contributed by atoms with E-state index in [1.165, 1.54) is 5.56 Å². The third-order valence-electron chi connectivity index (χ3n) is 5.81. The number of ether oxygens (including phenoxy) is 1.